The zero-order chi connectivity index (χ0) is 16.2. The molecular formula is C15H17N5O3. The molecule has 4 N–H and O–H groups in total. The first-order valence-corrected chi connectivity index (χ1v) is 7.22. The SMILES string of the molecule is Nc1cn[nH]c1C(=O)Nc1ccc(C(=O)N2CCOCC2)cc1. The topological polar surface area (TPSA) is 113 Å². The summed E-state index contributed by atoms with van der Waals surface area (Å²) in [4.78, 5) is 26.1. The number of benzene rings is 1. The van der Waals surface area contributed by atoms with Crippen molar-refractivity contribution in [1.29, 1.82) is 0 Å². The Morgan fingerprint density at radius 3 is 2.52 bits per heavy atom. The van der Waals surface area contributed by atoms with Crippen LogP contribution in [0, 0.1) is 0 Å². The van der Waals surface area contributed by atoms with Gasteiger partial charge in [-0.05, 0) is 24.3 Å². The highest BCUT2D eigenvalue weighted by Crippen LogP contribution is 2.15. The van der Waals surface area contributed by atoms with Crippen LogP contribution in [-0.4, -0.2) is 53.2 Å². The first-order valence-electron chi connectivity index (χ1n) is 7.22. The fraction of sp³-hybridized carbons (Fsp3) is 0.267. The summed E-state index contributed by atoms with van der Waals surface area (Å²) in [7, 11) is 0. The van der Waals surface area contributed by atoms with E-state index in [0.29, 0.717) is 37.6 Å². The van der Waals surface area contributed by atoms with E-state index in [-0.39, 0.29) is 23.2 Å². The lowest BCUT2D eigenvalue weighted by molar-refractivity contribution is 0.0303. The molecular weight excluding hydrogens is 298 g/mol. The molecule has 120 valence electrons. The number of nitrogens with zero attached hydrogens (tertiary/aromatic N) is 2. The van der Waals surface area contributed by atoms with Gasteiger partial charge in [-0.15, -0.1) is 0 Å². The summed E-state index contributed by atoms with van der Waals surface area (Å²) >= 11 is 0. The van der Waals surface area contributed by atoms with Gasteiger partial charge in [-0.2, -0.15) is 5.10 Å². The number of morpholine rings is 1. The van der Waals surface area contributed by atoms with Crippen LogP contribution in [-0.2, 0) is 4.74 Å². The Morgan fingerprint density at radius 2 is 1.91 bits per heavy atom. The predicted octanol–water partition coefficient (Wildman–Crippen LogP) is 0.717. The summed E-state index contributed by atoms with van der Waals surface area (Å²) in [6.45, 7) is 2.31. The van der Waals surface area contributed by atoms with Gasteiger partial charge < -0.3 is 20.7 Å². The molecule has 8 nitrogen and oxygen atoms in total. The van der Waals surface area contributed by atoms with E-state index in [4.69, 9.17) is 10.5 Å². The van der Waals surface area contributed by atoms with E-state index in [1.165, 1.54) is 6.20 Å². The Hall–Kier alpha value is -2.87. The van der Waals surface area contributed by atoms with E-state index in [1.54, 1.807) is 29.2 Å². The van der Waals surface area contributed by atoms with Gasteiger partial charge in [-0.3, -0.25) is 14.7 Å². The van der Waals surface area contributed by atoms with Gasteiger partial charge in [0.25, 0.3) is 11.8 Å². The molecule has 0 saturated carbocycles. The number of carbonyl (C=O) groups is 2. The zero-order valence-corrected chi connectivity index (χ0v) is 12.4. The van der Waals surface area contributed by atoms with Gasteiger partial charge in [0.2, 0.25) is 0 Å². The van der Waals surface area contributed by atoms with Crippen molar-refractivity contribution in [2.24, 2.45) is 0 Å². The van der Waals surface area contributed by atoms with Gasteiger partial charge >= 0.3 is 0 Å². The second-order valence-electron chi connectivity index (χ2n) is 5.14. The molecule has 0 radical (unpaired) electrons. The number of hydrogen-bond donors (Lipinski definition) is 3. The lowest BCUT2D eigenvalue weighted by atomic mass is 10.1. The van der Waals surface area contributed by atoms with Crippen molar-refractivity contribution in [2.75, 3.05) is 37.4 Å². The number of aromatic amines is 1. The molecule has 2 aromatic rings. The summed E-state index contributed by atoms with van der Waals surface area (Å²) in [5, 5.41) is 8.94. The van der Waals surface area contributed by atoms with E-state index < -0.39 is 0 Å². The van der Waals surface area contributed by atoms with Crippen LogP contribution in [0.1, 0.15) is 20.8 Å². The second-order valence-corrected chi connectivity index (χ2v) is 5.14. The van der Waals surface area contributed by atoms with Crippen molar-refractivity contribution in [2.45, 2.75) is 0 Å². The maximum Gasteiger partial charge on any atom is 0.275 e. The number of nitrogens with two attached hydrogens (primary N) is 1. The van der Waals surface area contributed by atoms with Crippen LogP contribution in [0.2, 0.25) is 0 Å². The monoisotopic (exact) mass is 315 g/mol. The van der Waals surface area contributed by atoms with Gasteiger partial charge in [0.1, 0.15) is 5.69 Å². The number of nitrogen functional groups attached to an aromatic ring is 1. The van der Waals surface area contributed by atoms with Crippen molar-refractivity contribution < 1.29 is 14.3 Å². The normalized spacial score (nSPS) is 14.5. The number of rotatable bonds is 3. The maximum atomic E-state index is 12.3. The van der Waals surface area contributed by atoms with E-state index in [9.17, 15) is 9.59 Å². The average Bonchev–Trinajstić information content (AvgIpc) is 3.02. The molecule has 8 heteroatoms. The molecule has 1 aliphatic heterocycles. The van der Waals surface area contributed by atoms with Crippen LogP contribution in [0.3, 0.4) is 0 Å². The smallest absolute Gasteiger partial charge is 0.275 e. The Bertz CT molecular complexity index is 704. The fourth-order valence-corrected chi connectivity index (χ4v) is 2.32. The maximum absolute atomic E-state index is 12.3. The third-order valence-corrected chi connectivity index (χ3v) is 3.58. The lowest BCUT2D eigenvalue weighted by Gasteiger charge is -2.26. The molecule has 1 saturated heterocycles. The molecule has 0 bridgehead atoms. The molecule has 2 amide bonds. The number of hydrogen-bond acceptors (Lipinski definition) is 5. The van der Waals surface area contributed by atoms with E-state index >= 15 is 0 Å². The first kappa shape index (κ1) is 15.0. The molecule has 0 atom stereocenters. The molecule has 1 aliphatic rings. The zero-order valence-electron chi connectivity index (χ0n) is 12.4. The average molecular weight is 315 g/mol. The van der Waals surface area contributed by atoms with Crippen LogP contribution in [0.25, 0.3) is 0 Å². The van der Waals surface area contributed by atoms with Gasteiger partial charge in [0, 0.05) is 24.3 Å². The molecule has 2 heterocycles. The number of ether oxygens (including phenoxy) is 1. The largest absolute Gasteiger partial charge is 0.396 e. The molecule has 0 aliphatic carbocycles. The van der Waals surface area contributed by atoms with Gasteiger partial charge in [0.15, 0.2) is 0 Å². The van der Waals surface area contributed by atoms with E-state index in [1.807, 2.05) is 0 Å². The number of nitrogens with one attached hydrogen (secondary N) is 2. The van der Waals surface area contributed by atoms with Crippen molar-refractivity contribution in [3.8, 4) is 0 Å². The van der Waals surface area contributed by atoms with Crippen molar-refractivity contribution >= 4 is 23.2 Å². The molecule has 23 heavy (non-hydrogen) atoms. The molecule has 1 aromatic heterocycles. The highest BCUT2D eigenvalue weighted by atomic mass is 16.5. The quantitative estimate of drug-likeness (QED) is 0.772. The Kier molecular flexibility index (Phi) is 4.24. The van der Waals surface area contributed by atoms with Crippen molar-refractivity contribution in [3.05, 3.63) is 41.7 Å². The summed E-state index contributed by atoms with van der Waals surface area (Å²) in [6, 6.07) is 6.73. The highest BCUT2D eigenvalue weighted by molar-refractivity contribution is 6.06. The Balaban J connectivity index is 1.66. The van der Waals surface area contributed by atoms with Crippen LogP contribution >= 0.6 is 0 Å². The lowest BCUT2D eigenvalue weighted by Crippen LogP contribution is -2.40. The molecule has 1 fully saturated rings. The number of carbonyl (C=O) groups excluding carboxylic acids is 2. The molecule has 0 unspecified atom stereocenters. The van der Waals surface area contributed by atoms with Crippen LogP contribution in [0.15, 0.2) is 30.5 Å². The standard InChI is InChI=1S/C15H17N5O3/c16-12-9-17-19-13(12)14(21)18-11-3-1-10(2-4-11)15(22)20-5-7-23-8-6-20/h1-4,9H,5-8,16H2,(H,17,19)(H,18,21). The van der Waals surface area contributed by atoms with Gasteiger partial charge in [0.05, 0.1) is 25.1 Å². The first-order chi connectivity index (χ1) is 11.1. The third kappa shape index (κ3) is 3.32. The minimum atomic E-state index is -0.382. The van der Waals surface area contributed by atoms with Gasteiger partial charge in [-0.1, -0.05) is 0 Å². The fourth-order valence-electron chi connectivity index (χ4n) is 2.32. The summed E-state index contributed by atoms with van der Waals surface area (Å²) in [5.74, 6) is -0.420. The number of anilines is 2. The molecule has 0 spiro atoms. The third-order valence-electron chi connectivity index (χ3n) is 3.58. The predicted molar refractivity (Wildman–Crippen MR) is 84.1 cm³/mol. The number of aromatic nitrogens is 2. The molecule has 1 aromatic carbocycles. The van der Waals surface area contributed by atoms with Crippen molar-refractivity contribution in [1.82, 2.24) is 15.1 Å². The number of amides is 2. The second kappa shape index (κ2) is 6.49. The summed E-state index contributed by atoms with van der Waals surface area (Å²) in [5.41, 5.74) is 7.26. The van der Waals surface area contributed by atoms with E-state index in [0.717, 1.165) is 0 Å². The van der Waals surface area contributed by atoms with Crippen LogP contribution < -0.4 is 11.1 Å². The minimum Gasteiger partial charge on any atom is -0.396 e. The van der Waals surface area contributed by atoms with Crippen LogP contribution in [0.5, 0.6) is 0 Å². The Labute approximate surface area is 132 Å². The molecule has 3 rings (SSSR count). The van der Waals surface area contributed by atoms with Crippen LogP contribution in [0.4, 0.5) is 11.4 Å². The highest BCUT2D eigenvalue weighted by Gasteiger charge is 2.18. The van der Waals surface area contributed by atoms with E-state index in [2.05, 4.69) is 15.5 Å². The summed E-state index contributed by atoms with van der Waals surface area (Å²) < 4.78 is 5.23. The van der Waals surface area contributed by atoms with Crippen molar-refractivity contribution in [3.63, 3.8) is 0 Å². The minimum absolute atomic E-state index is 0.0380. The van der Waals surface area contributed by atoms with Gasteiger partial charge in [-0.25, -0.2) is 0 Å². The Morgan fingerprint density at radius 1 is 1.22 bits per heavy atom. The summed E-state index contributed by atoms with van der Waals surface area (Å²) in [6.07, 6.45) is 1.37. The number of H-pyrrole nitrogens is 1.